The molecule has 32 heavy (non-hydrogen) atoms. The number of carbonyl (C=O) groups is 2. The number of hydrogen-bond acceptors (Lipinski definition) is 4. The molecule has 8 heteroatoms. The zero-order valence-electron chi connectivity index (χ0n) is 17.3. The van der Waals surface area contributed by atoms with E-state index in [4.69, 9.17) is 4.42 Å². The first-order valence-corrected chi connectivity index (χ1v) is 10.0. The summed E-state index contributed by atoms with van der Waals surface area (Å²) in [7, 11) is 0. The van der Waals surface area contributed by atoms with Crippen molar-refractivity contribution in [3.8, 4) is 11.3 Å². The average Bonchev–Trinajstić information content (AvgIpc) is 3.41. The van der Waals surface area contributed by atoms with Crippen LogP contribution in [0.1, 0.15) is 17.7 Å². The second kappa shape index (κ2) is 9.30. The van der Waals surface area contributed by atoms with E-state index in [-0.39, 0.29) is 30.6 Å². The number of benzene rings is 1. The van der Waals surface area contributed by atoms with Gasteiger partial charge in [0.15, 0.2) is 0 Å². The minimum absolute atomic E-state index is 0.0717. The van der Waals surface area contributed by atoms with Gasteiger partial charge in [-0.15, -0.1) is 0 Å². The number of halogens is 1. The quantitative estimate of drug-likeness (QED) is 0.429. The summed E-state index contributed by atoms with van der Waals surface area (Å²) in [5.41, 5.74) is 2.90. The number of nitrogens with zero attached hydrogens (tertiary/aromatic N) is 2. The van der Waals surface area contributed by atoms with Crippen LogP contribution in [0.5, 0.6) is 0 Å². The van der Waals surface area contributed by atoms with E-state index in [0.29, 0.717) is 28.5 Å². The zero-order chi connectivity index (χ0) is 22.5. The maximum atomic E-state index is 13.4. The molecule has 0 radical (unpaired) electrons. The van der Waals surface area contributed by atoms with Crippen LogP contribution in [0.25, 0.3) is 23.0 Å². The monoisotopic (exact) mass is 432 g/mol. The Morgan fingerprint density at radius 3 is 2.75 bits per heavy atom. The lowest BCUT2D eigenvalue weighted by atomic mass is 10.1. The van der Waals surface area contributed by atoms with E-state index < -0.39 is 0 Å². The van der Waals surface area contributed by atoms with Gasteiger partial charge in [-0.25, -0.2) is 9.37 Å². The van der Waals surface area contributed by atoms with Crippen molar-refractivity contribution in [2.45, 2.75) is 13.3 Å². The fourth-order valence-electron chi connectivity index (χ4n) is 3.17. The molecule has 0 saturated heterocycles. The molecule has 0 aliphatic rings. The van der Waals surface area contributed by atoms with Crippen LogP contribution >= 0.6 is 0 Å². The second-order valence-electron chi connectivity index (χ2n) is 7.19. The van der Waals surface area contributed by atoms with Crippen molar-refractivity contribution in [3.63, 3.8) is 0 Å². The maximum absolute atomic E-state index is 13.4. The molecule has 0 atom stereocenters. The molecule has 0 unspecified atom stereocenters. The van der Waals surface area contributed by atoms with Crippen LogP contribution < -0.4 is 10.6 Å². The zero-order valence-corrected chi connectivity index (χ0v) is 17.3. The number of imidazole rings is 1. The number of carbonyl (C=O) groups excluding carboxylic acids is 2. The largest absolute Gasteiger partial charge is 0.465 e. The SMILES string of the molecule is Cc1ccn2c(NC(=O)CCNC(=O)/C=C/c3ccco3)c(-c3ccc(F)cc3)nc2c1. The van der Waals surface area contributed by atoms with Gasteiger partial charge in [0.05, 0.1) is 6.26 Å². The highest BCUT2D eigenvalue weighted by atomic mass is 19.1. The van der Waals surface area contributed by atoms with Crippen LogP contribution in [0.2, 0.25) is 0 Å². The van der Waals surface area contributed by atoms with Crippen LogP contribution in [0.4, 0.5) is 10.2 Å². The maximum Gasteiger partial charge on any atom is 0.244 e. The Kier molecular flexibility index (Phi) is 6.12. The lowest BCUT2D eigenvalue weighted by Gasteiger charge is -2.08. The summed E-state index contributed by atoms with van der Waals surface area (Å²) in [6.45, 7) is 2.11. The van der Waals surface area contributed by atoms with Gasteiger partial charge >= 0.3 is 0 Å². The molecule has 0 fully saturated rings. The number of fused-ring (bicyclic) bond motifs is 1. The van der Waals surface area contributed by atoms with Crippen molar-refractivity contribution in [2.75, 3.05) is 11.9 Å². The minimum atomic E-state index is -0.351. The van der Waals surface area contributed by atoms with E-state index in [0.717, 1.165) is 5.56 Å². The Labute approximate surface area is 183 Å². The standard InChI is InChI=1S/C24H21FN4O3/c1-16-11-13-29-20(15-16)27-23(17-4-6-18(25)7-5-17)24(29)28-22(31)10-12-26-21(30)9-8-19-3-2-14-32-19/h2-9,11,13-15H,10,12H2,1H3,(H,26,30)(H,28,31)/b9-8+. The normalized spacial score (nSPS) is 11.2. The van der Waals surface area contributed by atoms with Gasteiger partial charge in [0.2, 0.25) is 11.8 Å². The van der Waals surface area contributed by atoms with E-state index in [1.807, 2.05) is 25.3 Å². The molecule has 1 aromatic carbocycles. The first-order valence-electron chi connectivity index (χ1n) is 10.0. The first-order chi connectivity index (χ1) is 15.5. The molecule has 0 aliphatic heterocycles. The Morgan fingerprint density at radius 2 is 2.00 bits per heavy atom. The molecule has 2 N–H and O–H groups in total. The van der Waals surface area contributed by atoms with Crippen molar-refractivity contribution in [3.05, 3.63) is 84.2 Å². The third-order valence-corrected chi connectivity index (χ3v) is 4.75. The molecule has 162 valence electrons. The predicted molar refractivity (Wildman–Crippen MR) is 119 cm³/mol. The van der Waals surface area contributed by atoms with Crippen molar-refractivity contribution in [1.82, 2.24) is 14.7 Å². The number of pyridine rings is 1. The Bertz CT molecular complexity index is 1270. The fourth-order valence-corrected chi connectivity index (χ4v) is 3.17. The summed E-state index contributed by atoms with van der Waals surface area (Å²) in [6.07, 6.45) is 6.30. The summed E-state index contributed by atoms with van der Waals surface area (Å²) in [5.74, 6) is 0.0861. The number of anilines is 1. The summed E-state index contributed by atoms with van der Waals surface area (Å²) >= 11 is 0. The Morgan fingerprint density at radius 1 is 1.19 bits per heavy atom. The lowest BCUT2D eigenvalue weighted by molar-refractivity contribution is -0.117. The molecular weight excluding hydrogens is 411 g/mol. The minimum Gasteiger partial charge on any atom is -0.465 e. The van der Waals surface area contributed by atoms with E-state index in [9.17, 15) is 14.0 Å². The van der Waals surface area contributed by atoms with Gasteiger partial charge in [-0.2, -0.15) is 0 Å². The predicted octanol–water partition coefficient (Wildman–Crippen LogP) is 4.20. The summed E-state index contributed by atoms with van der Waals surface area (Å²) in [6, 6.07) is 13.2. The molecule has 0 spiro atoms. The van der Waals surface area contributed by atoms with Crippen LogP contribution in [0.15, 0.2) is 71.5 Å². The molecular formula is C24H21FN4O3. The topological polar surface area (TPSA) is 88.6 Å². The number of aryl methyl sites for hydroxylation is 1. The van der Waals surface area contributed by atoms with E-state index in [1.54, 1.807) is 34.7 Å². The van der Waals surface area contributed by atoms with E-state index >= 15 is 0 Å². The van der Waals surface area contributed by atoms with Crippen LogP contribution in [0.3, 0.4) is 0 Å². The summed E-state index contributed by atoms with van der Waals surface area (Å²) in [5, 5.41) is 5.54. The summed E-state index contributed by atoms with van der Waals surface area (Å²) in [4.78, 5) is 29.1. The third-order valence-electron chi connectivity index (χ3n) is 4.75. The van der Waals surface area contributed by atoms with E-state index in [1.165, 1.54) is 24.5 Å². The molecule has 7 nitrogen and oxygen atoms in total. The molecule has 0 aliphatic carbocycles. The van der Waals surface area contributed by atoms with E-state index in [2.05, 4.69) is 15.6 Å². The van der Waals surface area contributed by atoms with Gasteiger partial charge in [0.25, 0.3) is 0 Å². The highest BCUT2D eigenvalue weighted by Gasteiger charge is 2.17. The average molecular weight is 432 g/mol. The molecule has 3 aromatic heterocycles. The van der Waals surface area contributed by atoms with Crippen molar-refractivity contribution < 1.29 is 18.4 Å². The highest BCUT2D eigenvalue weighted by molar-refractivity contribution is 5.95. The molecule has 3 heterocycles. The number of furan rings is 1. The number of aromatic nitrogens is 2. The summed E-state index contributed by atoms with van der Waals surface area (Å²) < 4.78 is 20.3. The van der Waals surface area contributed by atoms with Crippen LogP contribution in [-0.4, -0.2) is 27.7 Å². The van der Waals surface area contributed by atoms with Crippen LogP contribution in [-0.2, 0) is 9.59 Å². The molecule has 0 saturated carbocycles. The second-order valence-corrected chi connectivity index (χ2v) is 7.19. The van der Waals surface area contributed by atoms with Gasteiger partial charge in [0, 0.05) is 30.8 Å². The van der Waals surface area contributed by atoms with Gasteiger partial charge < -0.3 is 15.1 Å². The van der Waals surface area contributed by atoms with Crippen molar-refractivity contribution in [2.24, 2.45) is 0 Å². The van der Waals surface area contributed by atoms with Crippen molar-refractivity contribution >= 4 is 29.4 Å². The number of amides is 2. The van der Waals surface area contributed by atoms with Gasteiger partial charge in [-0.05, 0) is 67.1 Å². The van der Waals surface area contributed by atoms with Crippen molar-refractivity contribution in [1.29, 1.82) is 0 Å². The lowest BCUT2D eigenvalue weighted by Crippen LogP contribution is -2.26. The highest BCUT2D eigenvalue weighted by Crippen LogP contribution is 2.29. The third kappa shape index (κ3) is 4.92. The fraction of sp³-hybridized carbons (Fsp3) is 0.125. The number of hydrogen-bond donors (Lipinski definition) is 2. The molecule has 2 amide bonds. The molecule has 0 bridgehead atoms. The van der Waals surface area contributed by atoms with Crippen LogP contribution in [0, 0.1) is 12.7 Å². The Balaban J connectivity index is 1.45. The number of nitrogens with one attached hydrogen (secondary N) is 2. The Hall–Kier alpha value is -4.20. The number of rotatable bonds is 7. The first kappa shape index (κ1) is 21.0. The molecule has 4 aromatic rings. The molecule has 4 rings (SSSR count). The smallest absolute Gasteiger partial charge is 0.244 e. The van der Waals surface area contributed by atoms with Gasteiger partial charge in [-0.3, -0.25) is 14.0 Å². The van der Waals surface area contributed by atoms with Gasteiger partial charge in [0.1, 0.15) is 28.7 Å². The van der Waals surface area contributed by atoms with Gasteiger partial charge in [-0.1, -0.05) is 0 Å².